The zero-order valence-electron chi connectivity index (χ0n) is 29.1. The van der Waals surface area contributed by atoms with Crippen LogP contribution >= 0.6 is 0 Å². The first-order valence-corrected chi connectivity index (χ1v) is 18.5. The summed E-state index contributed by atoms with van der Waals surface area (Å²) in [7, 11) is 0. The number of benzene rings is 10. The van der Waals surface area contributed by atoms with Crippen LogP contribution in [0.15, 0.2) is 206 Å². The van der Waals surface area contributed by atoms with E-state index in [0.29, 0.717) is 0 Å². The maximum absolute atomic E-state index is 2.51. The lowest BCUT2D eigenvalue weighted by Crippen LogP contribution is -2.28. The van der Waals surface area contributed by atoms with Crippen LogP contribution in [-0.4, -0.2) is 0 Å². The lowest BCUT2D eigenvalue weighted by Gasteiger charge is -2.35. The van der Waals surface area contributed by atoms with Gasteiger partial charge in [0.15, 0.2) is 0 Å². The van der Waals surface area contributed by atoms with Gasteiger partial charge in [-0.05, 0) is 105 Å². The third-order valence-electron chi connectivity index (χ3n) is 11.7. The Morgan fingerprint density at radius 1 is 0.264 bits per heavy atom. The maximum Gasteiger partial charge on any atom is 0.0719 e. The SMILES string of the molecule is c1ccc(-c2c3ccccc3c(-c3ccc4c(c3)-c3c(c5ccccc5c5ccccc35)C4(c3ccccc3)c3ccccc3)c3ccccc23)cc1. The van der Waals surface area contributed by atoms with E-state index in [-0.39, 0.29) is 0 Å². The van der Waals surface area contributed by atoms with Crippen LogP contribution in [0, 0.1) is 0 Å². The summed E-state index contributed by atoms with van der Waals surface area (Å²) in [6.07, 6.45) is 0. The molecule has 0 radical (unpaired) electrons. The van der Waals surface area contributed by atoms with E-state index < -0.39 is 5.41 Å². The number of fused-ring (bicyclic) bond motifs is 10. The van der Waals surface area contributed by atoms with Crippen LogP contribution in [0.5, 0.6) is 0 Å². The summed E-state index contributed by atoms with van der Waals surface area (Å²) in [5, 5.41) is 10.3. The van der Waals surface area contributed by atoms with Gasteiger partial charge in [0.05, 0.1) is 5.41 Å². The Morgan fingerprint density at radius 2 is 0.642 bits per heavy atom. The molecule has 1 aliphatic rings. The van der Waals surface area contributed by atoms with Gasteiger partial charge in [-0.2, -0.15) is 0 Å². The van der Waals surface area contributed by atoms with Crippen LogP contribution in [0.3, 0.4) is 0 Å². The Kier molecular flexibility index (Phi) is 6.57. The van der Waals surface area contributed by atoms with Crippen molar-refractivity contribution in [3.8, 4) is 33.4 Å². The molecule has 0 saturated heterocycles. The minimum atomic E-state index is -0.517. The molecule has 11 rings (SSSR count). The zero-order chi connectivity index (χ0) is 34.9. The predicted octanol–water partition coefficient (Wildman–Crippen LogP) is 14.0. The normalized spacial score (nSPS) is 13.1. The summed E-state index contributed by atoms with van der Waals surface area (Å²) in [4.78, 5) is 0. The third kappa shape index (κ3) is 4.18. The van der Waals surface area contributed by atoms with Crippen molar-refractivity contribution in [3.63, 3.8) is 0 Å². The molecule has 0 fully saturated rings. The van der Waals surface area contributed by atoms with Crippen molar-refractivity contribution in [1.82, 2.24) is 0 Å². The van der Waals surface area contributed by atoms with Crippen molar-refractivity contribution < 1.29 is 0 Å². The molecule has 0 bridgehead atoms. The Labute approximate surface area is 309 Å². The van der Waals surface area contributed by atoms with E-state index in [1.807, 2.05) is 0 Å². The monoisotopic (exact) mass is 670 g/mol. The molecule has 10 aromatic rings. The molecule has 1 aliphatic carbocycles. The van der Waals surface area contributed by atoms with Gasteiger partial charge in [0.25, 0.3) is 0 Å². The Bertz CT molecular complexity index is 2930. The fourth-order valence-electron chi connectivity index (χ4n) is 9.68. The Morgan fingerprint density at radius 3 is 1.15 bits per heavy atom. The lowest BCUT2D eigenvalue weighted by molar-refractivity contribution is 0.776. The molecule has 0 unspecified atom stereocenters. The summed E-state index contributed by atoms with van der Waals surface area (Å²) in [6.45, 7) is 0. The largest absolute Gasteiger partial charge is 0.0719 e. The first-order valence-electron chi connectivity index (χ1n) is 18.5. The van der Waals surface area contributed by atoms with E-state index in [2.05, 4.69) is 206 Å². The minimum absolute atomic E-state index is 0.517. The van der Waals surface area contributed by atoms with Gasteiger partial charge in [0.1, 0.15) is 0 Å². The molecule has 0 aromatic heterocycles. The summed E-state index contributed by atoms with van der Waals surface area (Å²) in [5.74, 6) is 0. The standard InChI is InChI=1S/C53H34/c1-4-18-35(19-5-1)49-42-27-13-15-29-44(42)50(45-30-16-14-28-43(45)49)36-32-33-48-47(34-36)51-41-26-12-10-24-39(41)40-25-11-17-31-46(40)52(51)53(48,37-20-6-2-7-21-37)38-22-8-3-9-23-38/h1-34H. The highest BCUT2D eigenvalue weighted by molar-refractivity contribution is 6.23. The molecule has 0 N–H and O–H groups in total. The maximum atomic E-state index is 2.51. The van der Waals surface area contributed by atoms with Gasteiger partial charge in [-0.3, -0.25) is 0 Å². The molecule has 0 atom stereocenters. The molecular weight excluding hydrogens is 637 g/mol. The van der Waals surface area contributed by atoms with Crippen LogP contribution in [0.4, 0.5) is 0 Å². The fourth-order valence-corrected chi connectivity index (χ4v) is 9.68. The first-order chi connectivity index (χ1) is 26.3. The van der Waals surface area contributed by atoms with Gasteiger partial charge in [-0.15, -0.1) is 0 Å². The van der Waals surface area contributed by atoms with E-state index in [9.17, 15) is 0 Å². The summed E-state index contributed by atoms with van der Waals surface area (Å²) < 4.78 is 0. The van der Waals surface area contributed by atoms with Crippen molar-refractivity contribution in [2.24, 2.45) is 0 Å². The van der Waals surface area contributed by atoms with E-state index >= 15 is 0 Å². The number of rotatable bonds is 4. The summed E-state index contributed by atoms with van der Waals surface area (Å²) >= 11 is 0. The van der Waals surface area contributed by atoms with Crippen molar-refractivity contribution in [2.75, 3.05) is 0 Å². The molecule has 0 nitrogen and oxygen atoms in total. The van der Waals surface area contributed by atoms with Crippen molar-refractivity contribution in [3.05, 3.63) is 229 Å². The lowest BCUT2D eigenvalue weighted by atomic mass is 9.66. The molecule has 246 valence electrons. The number of hydrogen-bond donors (Lipinski definition) is 0. The quantitative estimate of drug-likeness (QED) is 0.129. The smallest absolute Gasteiger partial charge is 0.0622 e. The van der Waals surface area contributed by atoms with E-state index in [0.717, 1.165) is 0 Å². The second-order valence-corrected chi connectivity index (χ2v) is 14.3. The average Bonchev–Trinajstić information content (AvgIpc) is 3.55. The first kappa shape index (κ1) is 29.9. The van der Waals surface area contributed by atoms with Gasteiger partial charge >= 0.3 is 0 Å². The molecule has 0 aliphatic heterocycles. The Balaban J connectivity index is 1.32. The zero-order valence-corrected chi connectivity index (χ0v) is 29.1. The highest BCUT2D eigenvalue weighted by Crippen LogP contribution is 2.61. The second-order valence-electron chi connectivity index (χ2n) is 14.3. The molecule has 0 amide bonds. The molecule has 53 heavy (non-hydrogen) atoms. The van der Waals surface area contributed by atoms with Gasteiger partial charge in [-0.1, -0.05) is 200 Å². The van der Waals surface area contributed by atoms with Gasteiger partial charge in [0.2, 0.25) is 0 Å². The third-order valence-corrected chi connectivity index (χ3v) is 11.7. The van der Waals surface area contributed by atoms with E-state index in [1.54, 1.807) is 0 Å². The minimum Gasteiger partial charge on any atom is -0.0622 e. The van der Waals surface area contributed by atoms with E-state index in [1.165, 1.54) is 98.7 Å². The highest BCUT2D eigenvalue weighted by atomic mass is 14.5. The highest BCUT2D eigenvalue weighted by Gasteiger charge is 2.48. The fraction of sp³-hybridized carbons (Fsp3) is 0.0189. The van der Waals surface area contributed by atoms with Crippen LogP contribution < -0.4 is 0 Å². The number of hydrogen-bond acceptors (Lipinski definition) is 0. The molecule has 0 heterocycles. The van der Waals surface area contributed by atoms with Crippen LogP contribution in [-0.2, 0) is 5.41 Å². The average molecular weight is 671 g/mol. The van der Waals surface area contributed by atoms with Gasteiger partial charge in [-0.25, -0.2) is 0 Å². The van der Waals surface area contributed by atoms with Gasteiger partial charge < -0.3 is 0 Å². The molecule has 10 aromatic carbocycles. The topological polar surface area (TPSA) is 0 Å². The van der Waals surface area contributed by atoms with Crippen LogP contribution in [0.2, 0.25) is 0 Å². The van der Waals surface area contributed by atoms with E-state index in [4.69, 9.17) is 0 Å². The molecular formula is C53H34. The Hall–Kier alpha value is -6.76. The molecule has 0 heteroatoms. The van der Waals surface area contributed by atoms with Crippen molar-refractivity contribution in [2.45, 2.75) is 5.41 Å². The molecule has 0 spiro atoms. The second kappa shape index (κ2) is 11.6. The molecule has 0 saturated carbocycles. The summed E-state index contributed by atoms with van der Waals surface area (Å²) in [5.41, 5.74) is 12.4. The summed E-state index contributed by atoms with van der Waals surface area (Å²) in [6, 6.07) is 76.6. The predicted molar refractivity (Wildman–Crippen MR) is 225 cm³/mol. The van der Waals surface area contributed by atoms with Crippen molar-refractivity contribution in [1.29, 1.82) is 0 Å². The van der Waals surface area contributed by atoms with Gasteiger partial charge in [0, 0.05) is 0 Å². The van der Waals surface area contributed by atoms with Crippen LogP contribution in [0.25, 0.3) is 76.5 Å². The van der Waals surface area contributed by atoms with Crippen molar-refractivity contribution >= 4 is 43.1 Å². The van der Waals surface area contributed by atoms with Crippen LogP contribution in [0.1, 0.15) is 22.3 Å².